The van der Waals surface area contributed by atoms with E-state index in [0.717, 1.165) is 18.8 Å². The molecule has 0 saturated carbocycles. The van der Waals surface area contributed by atoms with E-state index in [2.05, 4.69) is 35.0 Å². The van der Waals surface area contributed by atoms with Gasteiger partial charge in [0, 0.05) is 25.2 Å². The van der Waals surface area contributed by atoms with Gasteiger partial charge in [-0.15, -0.1) is 0 Å². The molecule has 1 aromatic rings. The molecule has 2 N–H and O–H groups in total. The van der Waals surface area contributed by atoms with Gasteiger partial charge in [-0.3, -0.25) is 4.90 Å². The van der Waals surface area contributed by atoms with Crippen LogP contribution in [0.3, 0.4) is 0 Å². The molecule has 3 rings (SSSR count). The first-order valence-electron chi connectivity index (χ1n) is 7.94. The lowest BCUT2D eigenvalue weighted by Crippen LogP contribution is -2.60. The van der Waals surface area contributed by atoms with Crippen molar-refractivity contribution in [3.63, 3.8) is 0 Å². The number of nitrogens with zero attached hydrogens (tertiary/aromatic N) is 2. The predicted octanol–water partition coefficient (Wildman–Crippen LogP) is 1.55. The van der Waals surface area contributed by atoms with Crippen LogP contribution < -0.4 is 10.5 Å². The Morgan fingerprint density at radius 1 is 1.43 bits per heavy atom. The van der Waals surface area contributed by atoms with Crippen LogP contribution in [0.15, 0.2) is 24.3 Å². The van der Waals surface area contributed by atoms with E-state index in [1.807, 2.05) is 6.07 Å². The topological polar surface area (TPSA) is 41.7 Å². The van der Waals surface area contributed by atoms with Crippen molar-refractivity contribution in [1.29, 1.82) is 0 Å². The highest BCUT2D eigenvalue weighted by Crippen LogP contribution is 2.39. The fraction of sp³-hybridized carbons (Fsp3) is 0.647. The minimum absolute atomic E-state index is 0.163. The third kappa shape index (κ3) is 2.68. The van der Waals surface area contributed by atoms with E-state index >= 15 is 0 Å². The molecule has 0 spiro atoms. The summed E-state index contributed by atoms with van der Waals surface area (Å²) >= 11 is 0. The van der Waals surface area contributed by atoms with E-state index in [9.17, 15) is 0 Å². The van der Waals surface area contributed by atoms with Crippen molar-refractivity contribution < 1.29 is 4.74 Å². The number of nitrogens with two attached hydrogens (primary N) is 1. The van der Waals surface area contributed by atoms with Crippen LogP contribution in [0, 0.1) is 5.92 Å². The molecule has 116 valence electrons. The highest BCUT2D eigenvalue weighted by atomic mass is 16.5. The SMILES string of the molecule is COc1cccc(CN(C)C2(CN)CCN3CCC2C3)c1. The van der Waals surface area contributed by atoms with Crippen molar-refractivity contribution in [1.82, 2.24) is 9.80 Å². The van der Waals surface area contributed by atoms with Gasteiger partial charge in [0.1, 0.15) is 5.75 Å². The maximum Gasteiger partial charge on any atom is 0.119 e. The van der Waals surface area contributed by atoms with Gasteiger partial charge in [-0.05, 0) is 56.6 Å². The Balaban J connectivity index is 1.77. The van der Waals surface area contributed by atoms with Crippen molar-refractivity contribution in [3.8, 4) is 5.75 Å². The summed E-state index contributed by atoms with van der Waals surface area (Å²) in [4.78, 5) is 5.08. The quantitative estimate of drug-likeness (QED) is 0.893. The van der Waals surface area contributed by atoms with Crippen LogP contribution in [0.1, 0.15) is 18.4 Å². The Hall–Kier alpha value is -1.10. The average molecular weight is 289 g/mol. The summed E-state index contributed by atoms with van der Waals surface area (Å²) in [5.41, 5.74) is 7.71. The summed E-state index contributed by atoms with van der Waals surface area (Å²) in [6.45, 7) is 5.35. The van der Waals surface area contributed by atoms with Crippen molar-refractivity contribution in [2.45, 2.75) is 24.9 Å². The lowest BCUT2D eigenvalue weighted by atomic mass is 9.77. The zero-order valence-corrected chi connectivity index (χ0v) is 13.2. The second kappa shape index (κ2) is 5.95. The van der Waals surface area contributed by atoms with Crippen LogP contribution >= 0.6 is 0 Å². The van der Waals surface area contributed by atoms with Gasteiger partial charge in [-0.1, -0.05) is 12.1 Å². The Bertz CT molecular complexity index is 493. The number of rotatable bonds is 5. The van der Waals surface area contributed by atoms with E-state index in [0.29, 0.717) is 5.92 Å². The summed E-state index contributed by atoms with van der Waals surface area (Å²) in [6.07, 6.45) is 2.48. The maximum absolute atomic E-state index is 6.25. The zero-order valence-electron chi connectivity index (χ0n) is 13.2. The first-order chi connectivity index (χ1) is 10.2. The van der Waals surface area contributed by atoms with Gasteiger partial charge in [0.05, 0.1) is 7.11 Å². The monoisotopic (exact) mass is 289 g/mol. The number of benzene rings is 1. The molecule has 2 aliphatic rings. The van der Waals surface area contributed by atoms with Gasteiger partial charge in [-0.2, -0.15) is 0 Å². The van der Waals surface area contributed by atoms with Crippen LogP contribution in [-0.4, -0.2) is 55.7 Å². The van der Waals surface area contributed by atoms with Crippen molar-refractivity contribution in [3.05, 3.63) is 29.8 Å². The summed E-state index contributed by atoms with van der Waals surface area (Å²) in [5.74, 6) is 1.64. The van der Waals surface area contributed by atoms with Crippen molar-refractivity contribution in [2.24, 2.45) is 11.7 Å². The molecule has 2 aliphatic heterocycles. The molecule has 21 heavy (non-hydrogen) atoms. The molecular weight excluding hydrogens is 262 g/mol. The Morgan fingerprint density at radius 2 is 2.29 bits per heavy atom. The van der Waals surface area contributed by atoms with Crippen LogP contribution in [-0.2, 0) is 6.54 Å². The van der Waals surface area contributed by atoms with Crippen molar-refractivity contribution >= 4 is 0 Å². The third-order valence-corrected chi connectivity index (χ3v) is 5.56. The fourth-order valence-electron chi connectivity index (χ4n) is 4.16. The van der Waals surface area contributed by atoms with Crippen LogP contribution in [0.4, 0.5) is 0 Å². The second-order valence-corrected chi connectivity index (χ2v) is 6.55. The van der Waals surface area contributed by atoms with E-state index in [1.54, 1.807) is 7.11 Å². The molecule has 1 aromatic carbocycles. The fourth-order valence-corrected chi connectivity index (χ4v) is 4.16. The molecule has 2 saturated heterocycles. The Labute approximate surface area is 127 Å². The molecule has 0 radical (unpaired) electrons. The Kier molecular flexibility index (Phi) is 4.20. The number of methoxy groups -OCH3 is 1. The standard InChI is InChI=1S/C17H27N3O/c1-19(11-14-4-3-5-16(10-14)21-2)17(13-18)7-9-20-8-6-15(17)12-20/h3-5,10,15H,6-9,11-13,18H2,1-2H3. The van der Waals surface area contributed by atoms with Crippen LogP contribution in [0.25, 0.3) is 0 Å². The third-order valence-electron chi connectivity index (χ3n) is 5.56. The zero-order chi connectivity index (χ0) is 14.9. The number of piperidine rings is 1. The van der Waals surface area contributed by atoms with Gasteiger partial charge in [-0.25, -0.2) is 0 Å². The van der Waals surface area contributed by atoms with Gasteiger partial charge < -0.3 is 15.4 Å². The highest BCUT2D eigenvalue weighted by molar-refractivity contribution is 5.28. The number of fused-ring (bicyclic) bond motifs is 2. The summed E-state index contributed by atoms with van der Waals surface area (Å²) in [7, 11) is 3.96. The molecule has 2 bridgehead atoms. The molecule has 3 unspecified atom stereocenters. The van der Waals surface area contributed by atoms with Crippen LogP contribution in [0.5, 0.6) is 5.75 Å². The van der Waals surface area contributed by atoms with E-state index < -0.39 is 0 Å². The molecular formula is C17H27N3O. The number of likely N-dealkylation sites (N-methyl/N-ethyl adjacent to an activating group) is 1. The first-order valence-corrected chi connectivity index (χ1v) is 7.94. The molecule has 3 atom stereocenters. The van der Waals surface area contributed by atoms with E-state index in [-0.39, 0.29) is 5.54 Å². The maximum atomic E-state index is 6.25. The summed E-state index contributed by atoms with van der Waals surface area (Å²) in [5, 5.41) is 0. The second-order valence-electron chi connectivity index (χ2n) is 6.55. The summed E-state index contributed by atoms with van der Waals surface area (Å²) < 4.78 is 5.33. The summed E-state index contributed by atoms with van der Waals surface area (Å²) in [6, 6.07) is 8.37. The smallest absolute Gasteiger partial charge is 0.119 e. The van der Waals surface area contributed by atoms with E-state index in [1.165, 1.54) is 38.0 Å². The number of ether oxygens (including phenoxy) is 1. The molecule has 2 heterocycles. The van der Waals surface area contributed by atoms with Gasteiger partial charge in [0.2, 0.25) is 0 Å². The van der Waals surface area contributed by atoms with Crippen molar-refractivity contribution in [2.75, 3.05) is 40.3 Å². The number of hydrogen-bond donors (Lipinski definition) is 1. The molecule has 2 fully saturated rings. The lowest BCUT2D eigenvalue weighted by molar-refractivity contribution is 0.0212. The normalized spacial score (nSPS) is 31.6. The van der Waals surface area contributed by atoms with Gasteiger partial charge in [0.15, 0.2) is 0 Å². The minimum Gasteiger partial charge on any atom is -0.497 e. The minimum atomic E-state index is 0.163. The largest absolute Gasteiger partial charge is 0.497 e. The highest BCUT2D eigenvalue weighted by Gasteiger charge is 2.47. The molecule has 0 aromatic heterocycles. The van der Waals surface area contributed by atoms with Crippen LogP contribution in [0.2, 0.25) is 0 Å². The van der Waals surface area contributed by atoms with Gasteiger partial charge >= 0.3 is 0 Å². The molecule has 4 nitrogen and oxygen atoms in total. The molecule has 0 aliphatic carbocycles. The molecule has 0 amide bonds. The predicted molar refractivity (Wildman–Crippen MR) is 85.4 cm³/mol. The average Bonchev–Trinajstić information content (AvgIpc) is 2.91. The number of hydrogen-bond acceptors (Lipinski definition) is 4. The Morgan fingerprint density at radius 3 is 3.05 bits per heavy atom. The molecule has 4 heteroatoms. The van der Waals surface area contributed by atoms with Gasteiger partial charge in [0.25, 0.3) is 0 Å². The van der Waals surface area contributed by atoms with E-state index in [4.69, 9.17) is 10.5 Å². The lowest BCUT2D eigenvalue weighted by Gasteiger charge is -2.48. The first kappa shape index (κ1) is 14.8.